The second-order valence-electron chi connectivity index (χ2n) is 5.43. The van der Waals surface area contributed by atoms with Gasteiger partial charge in [-0.25, -0.2) is 9.97 Å². The number of nitrogens with zero attached hydrogens (tertiary/aromatic N) is 2. The normalized spacial score (nSPS) is 12.2. The van der Waals surface area contributed by atoms with Crippen LogP contribution in [-0.4, -0.2) is 15.2 Å². The molecule has 1 aromatic rings. The van der Waals surface area contributed by atoms with Crippen LogP contribution in [0.4, 0.5) is 0 Å². The zero-order chi connectivity index (χ0) is 12.3. The molecule has 0 saturated heterocycles. The standard InChI is InChI=1S/C13H22N2S/c1-9(2)16-8-11-14-7-10(3)12(15-11)13(4,5)6/h7,9H,8H2,1-6H3. The molecule has 0 N–H and O–H groups in total. The van der Waals surface area contributed by atoms with Crippen LogP contribution in [0.3, 0.4) is 0 Å². The number of hydrogen-bond acceptors (Lipinski definition) is 3. The highest BCUT2D eigenvalue weighted by molar-refractivity contribution is 7.99. The maximum atomic E-state index is 4.68. The van der Waals surface area contributed by atoms with Crippen molar-refractivity contribution in [1.29, 1.82) is 0 Å². The molecule has 0 aliphatic carbocycles. The maximum Gasteiger partial charge on any atom is 0.138 e. The van der Waals surface area contributed by atoms with Gasteiger partial charge >= 0.3 is 0 Å². The molecule has 0 atom stereocenters. The first-order valence-electron chi connectivity index (χ1n) is 5.75. The van der Waals surface area contributed by atoms with E-state index in [0.29, 0.717) is 5.25 Å². The Morgan fingerprint density at radius 1 is 1.31 bits per heavy atom. The molecule has 0 fully saturated rings. The molecular formula is C13H22N2S. The highest BCUT2D eigenvalue weighted by Gasteiger charge is 2.19. The van der Waals surface area contributed by atoms with Crippen LogP contribution in [0, 0.1) is 6.92 Å². The average molecular weight is 238 g/mol. The van der Waals surface area contributed by atoms with Crippen LogP contribution in [0.1, 0.15) is 51.7 Å². The van der Waals surface area contributed by atoms with E-state index in [1.54, 1.807) is 0 Å². The average Bonchev–Trinajstić information content (AvgIpc) is 2.14. The lowest BCUT2D eigenvalue weighted by Gasteiger charge is -2.20. The second kappa shape index (κ2) is 5.17. The van der Waals surface area contributed by atoms with Crippen molar-refractivity contribution in [2.45, 2.75) is 58.0 Å². The molecule has 1 heterocycles. The summed E-state index contributed by atoms with van der Waals surface area (Å²) in [6.07, 6.45) is 1.95. The fourth-order valence-corrected chi connectivity index (χ4v) is 2.17. The van der Waals surface area contributed by atoms with E-state index in [-0.39, 0.29) is 5.41 Å². The van der Waals surface area contributed by atoms with E-state index in [1.807, 2.05) is 18.0 Å². The number of aromatic nitrogens is 2. The summed E-state index contributed by atoms with van der Waals surface area (Å²) in [6.45, 7) is 13.1. The first-order chi connectivity index (χ1) is 7.30. The summed E-state index contributed by atoms with van der Waals surface area (Å²) >= 11 is 1.88. The summed E-state index contributed by atoms with van der Waals surface area (Å²) < 4.78 is 0. The van der Waals surface area contributed by atoms with Gasteiger partial charge in [-0.15, -0.1) is 0 Å². The molecule has 2 nitrogen and oxygen atoms in total. The predicted molar refractivity (Wildman–Crippen MR) is 71.9 cm³/mol. The van der Waals surface area contributed by atoms with Crippen LogP contribution in [0.5, 0.6) is 0 Å². The van der Waals surface area contributed by atoms with Gasteiger partial charge in [-0.05, 0) is 17.7 Å². The number of thioether (sulfide) groups is 1. The van der Waals surface area contributed by atoms with Crippen molar-refractivity contribution in [1.82, 2.24) is 9.97 Å². The second-order valence-corrected chi connectivity index (χ2v) is 6.99. The largest absolute Gasteiger partial charge is 0.240 e. The van der Waals surface area contributed by atoms with Gasteiger partial charge in [0.1, 0.15) is 5.82 Å². The zero-order valence-electron chi connectivity index (χ0n) is 11.2. The monoisotopic (exact) mass is 238 g/mol. The summed E-state index contributed by atoms with van der Waals surface area (Å²) in [7, 11) is 0. The summed E-state index contributed by atoms with van der Waals surface area (Å²) in [5, 5.41) is 0.628. The zero-order valence-corrected chi connectivity index (χ0v) is 12.0. The number of rotatable bonds is 3. The molecule has 16 heavy (non-hydrogen) atoms. The van der Waals surface area contributed by atoms with E-state index in [0.717, 1.165) is 11.6 Å². The molecular weight excluding hydrogens is 216 g/mol. The minimum Gasteiger partial charge on any atom is -0.240 e. The third-order valence-corrected chi connectivity index (χ3v) is 3.37. The Hall–Kier alpha value is -0.570. The van der Waals surface area contributed by atoms with Crippen molar-refractivity contribution in [3.8, 4) is 0 Å². The SMILES string of the molecule is Cc1cnc(CSC(C)C)nc1C(C)(C)C. The van der Waals surface area contributed by atoms with Gasteiger partial charge in [-0.1, -0.05) is 34.6 Å². The molecule has 1 aromatic heterocycles. The van der Waals surface area contributed by atoms with Crippen LogP contribution >= 0.6 is 11.8 Å². The molecule has 0 amide bonds. The van der Waals surface area contributed by atoms with Crippen molar-refractivity contribution in [2.24, 2.45) is 0 Å². The van der Waals surface area contributed by atoms with Crippen LogP contribution in [0.2, 0.25) is 0 Å². The van der Waals surface area contributed by atoms with E-state index >= 15 is 0 Å². The Morgan fingerprint density at radius 3 is 2.44 bits per heavy atom. The molecule has 0 bridgehead atoms. The lowest BCUT2D eigenvalue weighted by Crippen LogP contribution is -2.17. The Labute approximate surface area is 103 Å². The Kier molecular flexibility index (Phi) is 4.36. The van der Waals surface area contributed by atoms with E-state index in [9.17, 15) is 0 Å². The van der Waals surface area contributed by atoms with Crippen LogP contribution in [0.15, 0.2) is 6.20 Å². The molecule has 0 spiro atoms. The third-order valence-electron chi connectivity index (χ3n) is 2.28. The van der Waals surface area contributed by atoms with Crippen molar-refractivity contribution >= 4 is 11.8 Å². The molecule has 0 unspecified atom stereocenters. The topological polar surface area (TPSA) is 25.8 Å². The molecule has 0 aliphatic rings. The smallest absolute Gasteiger partial charge is 0.138 e. The van der Waals surface area contributed by atoms with Crippen LogP contribution in [0.25, 0.3) is 0 Å². The Balaban J connectivity index is 2.90. The third kappa shape index (κ3) is 3.78. The van der Waals surface area contributed by atoms with Crippen LogP contribution in [-0.2, 0) is 11.2 Å². The molecule has 0 saturated carbocycles. The molecule has 1 rings (SSSR count). The number of hydrogen-bond donors (Lipinski definition) is 0. The predicted octanol–water partition coefficient (Wildman–Crippen LogP) is 3.72. The van der Waals surface area contributed by atoms with Gasteiger partial charge < -0.3 is 0 Å². The first kappa shape index (κ1) is 13.5. The van der Waals surface area contributed by atoms with E-state index in [2.05, 4.69) is 51.5 Å². The fraction of sp³-hybridized carbons (Fsp3) is 0.692. The molecule has 90 valence electrons. The fourth-order valence-electron chi connectivity index (χ4n) is 1.55. The van der Waals surface area contributed by atoms with Gasteiger partial charge in [0.05, 0.1) is 11.4 Å². The Bertz CT molecular complexity index is 353. The summed E-state index contributed by atoms with van der Waals surface area (Å²) in [6, 6.07) is 0. The van der Waals surface area contributed by atoms with Gasteiger partial charge in [0.2, 0.25) is 0 Å². The van der Waals surface area contributed by atoms with E-state index < -0.39 is 0 Å². The molecule has 0 aliphatic heterocycles. The first-order valence-corrected chi connectivity index (χ1v) is 6.80. The van der Waals surface area contributed by atoms with Gasteiger partial charge in [-0.3, -0.25) is 0 Å². The van der Waals surface area contributed by atoms with Crippen molar-refractivity contribution in [3.63, 3.8) is 0 Å². The van der Waals surface area contributed by atoms with Crippen LogP contribution < -0.4 is 0 Å². The molecule has 0 aromatic carbocycles. The summed E-state index contributed by atoms with van der Waals surface area (Å²) in [5.41, 5.74) is 2.46. The maximum absolute atomic E-state index is 4.68. The van der Waals surface area contributed by atoms with Crippen molar-refractivity contribution in [3.05, 3.63) is 23.3 Å². The van der Waals surface area contributed by atoms with Gasteiger partial charge in [0, 0.05) is 11.6 Å². The van der Waals surface area contributed by atoms with E-state index in [4.69, 9.17) is 0 Å². The van der Waals surface area contributed by atoms with Crippen molar-refractivity contribution in [2.75, 3.05) is 0 Å². The van der Waals surface area contributed by atoms with E-state index in [1.165, 1.54) is 11.3 Å². The molecule has 0 radical (unpaired) electrons. The lowest BCUT2D eigenvalue weighted by atomic mass is 9.89. The van der Waals surface area contributed by atoms with Crippen molar-refractivity contribution < 1.29 is 0 Å². The minimum absolute atomic E-state index is 0.101. The van der Waals surface area contributed by atoms with Gasteiger partial charge in [-0.2, -0.15) is 11.8 Å². The molecule has 3 heteroatoms. The summed E-state index contributed by atoms with van der Waals surface area (Å²) in [5.74, 6) is 1.86. The lowest BCUT2D eigenvalue weighted by molar-refractivity contribution is 0.559. The van der Waals surface area contributed by atoms with Gasteiger partial charge in [0.25, 0.3) is 0 Å². The number of aryl methyl sites for hydroxylation is 1. The summed E-state index contributed by atoms with van der Waals surface area (Å²) in [4.78, 5) is 9.08. The quantitative estimate of drug-likeness (QED) is 0.802. The minimum atomic E-state index is 0.101. The van der Waals surface area contributed by atoms with Gasteiger partial charge in [0.15, 0.2) is 0 Å². The Morgan fingerprint density at radius 2 is 1.94 bits per heavy atom. The highest BCUT2D eigenvalue weighted by Crippen LogP contribution is 2.24. The highest BCUT2D eigenvalue weighted by atomic mass is 32.2.